The summed E-state index contributed by atoms with van der Waals surface area (Å²) in [6.45, 7) is 1.44. The van der Waals surface area contributed by atoms with Crippen LogP contribution in [0.2, 0.25) is 0 Å². The number of hydrogen-bond acceptors (Lipinski definition) is 3. The molecule has 1 atom stereocenters. The third-order valence-electron chi connectivity index (χ3n) is 5.03. The Balaban J connectivity index is 1.69. The zero-order chi connectivity index (χ0) is 18.4. The van der Waals surface area contributed by atoms with E-state index in [1.807, 2.05) is 0 Å². The van der Waals surface area contributed by atoms with Gasteiger partial charge < -0.3 is 14.5 Å². The molecule has 0 bridgehead atoms. The van der Waals surface area contributed by atoms with Crippen molar-refractivity contribution in [1.29, 1.82) is 0 Å². The lowest BCUT2D eigenvalue weighted by Crippen LogP contribution is -2.53. The lowest BCUT2D eigenvalue weighted by Gasteiger charge is -2.36. The molecule has 1 aliphatic carbocycles. The van der Waals surface area contributed by atoms with Crippen molar-refractivity contribution in [2.75, 3.05) is 32.8 Å². The molecule has 2 rings (SSSR count). The highest BCUT2D eigenvalue weighted by Crippen LogP contribution is 2.28. The van der Waals surface area contributed by atoms with Crippen molar-refractivity contribution < 1.29 is 27.5 Å². The Hall–Kier alpha value is -1.31. The van der Waals surface area contributed by atoms with E-state index in [1.54, 1.807) is 4.90 Å². The van der Waals surface area contributed by atoms with Gasteiger partial charge in [0.25, 0.3) is 5.91 Å². The first-order chi connectivity index (χ1) is 11.8. The molecule has 25 heavy (non-hydrogen) atoms. The molecule has 0 aromatic heterocycles. The van der Waals surface area contributed by atoms with Crippen LogP contribution in [0.5, 0.6) is 0 Å². The maximum absolute atomic E-state index is 12.3. The minimum atomic E-state index is -4.45. The van der Waals surface area contributed by atoms with Gasteiger partial charge in [-0.05, 0) is 19.3 Å². The lowest BCUT2D eigenvalue weighted by atomic mass is 10.0. The summed E-state index contributed by atoms with van der Waals surface area (Å²) in [6.07, 6.45) is 0.841. The zero-order valence-corrected chi connectivity index (χ0v) is 14.7. The summed E-state index contributed by atoms with van der Waals surface area (Å²) in [5, 5.41) is 0. The van der Waals surface area contributed by atoms with Crippen molar-refractivity contribution in [1.82, 2.24) is 9.80 Å². The summed E-state index contributed by atoms with van der Waals surface area (Å²) in [4.78, 5) is 27.6. The van der Waals surface area contributed by atoms with E-state index in [1.165, 1.54) is 37.5 Å². The fourth-order valence-electron chi connectivity index (χ4n) is 3.51. The number of alkyl halides is 3. The molecule has 0 N–H and O–H groups in total. The number of rotatable bonds is 6. The zero-order valence-electron chi connectivity index (χ0n) is 14.7. The highest BCUT2D eigenvalue weighted by atomic mass is 19.4. The maximum Gasteiger partial charge on any atom is 0.411 e. The van der Waals surface area contributed by atoms with Crippen molar-refractivity contribution in [2.24, 2.45) is 5.92 Å². The Kier molecular flexibility index (Phi) is 7.10. The second-order valence-electron chi connectivity index (χ2n) is 6.96. The first-order valence-corrected chi connectivity index (χ1v) is 9.01. The standard InChI is InChI=1S/C17H27F3N2O3/c1-13(25-12-17(18,19)20)16(24)22-10-8-21(9-11-22)15(23)7-6-14-4-2-3-5-14/h13-14H,2-12H2,1H3. The van der Waals surface area contributed by atoms with Crippen molar-refractivity contribution in [3.05, 3.63) is 0 Å². The van der Waals surface area contributed by atoms with Crippen LogP contribution < -0.4 is 0 Å². The van der Waals surface area contributed by atoms with Crippen molar-refractivity contribution in [3.8, 4) is 0 Å². The summed E-state index contributed by atoms with van der Waals surface area (Å²) in [5.41, 5.74) is 0. The highest BCUT2D eigenvalue weighted by Gasteiger charge is 2.32. The van der Waals surface area contributed by atoms with Gasteiger partial charge in [-0.3, -0.25) is 9.59 Å². The summed E-state index contributed by atoms with van der Waals surface area (Å²) in [5.74, 6) is 0.320. The molecule has 1 aliphatic heterocycles. The van der Waals surface area contributed by atoms with Crippen LogP contribution in [0.1, 0.15) is 45.4 Å². The van der Waals surface area contributed by atoms with Gasteiger partial charge in [-0.15, -0.1) is 0 Å². The van der Waals surface area contributed by atoms with E-state index in [9.17, 15) is 22.8 Å². The highest BCUT2D eigenvalue weighted by molar-refractivity contribution is 5.81. The van der Waals surface area contributed by atoms with Crippen molar-refractivity contribution in [3.63, 3.8) is 0 Å². The van der Waals surface area contributed by atoms with Crippen LogP contribution >= 0.6 is 0 Å². The molecule has 2 aliphatic rings. The average molecular weight is 364 g/mol. The Labute approximate surface area is 146 Å². The van der Waals surface area contributed by atoms with Crippen LogP contribution in [0.3, 0.4) is 0 Å². The molecule has 0 radical (unpaired) electrons. The minimum Gasteiger partial charge on any atom is -0.359 e. The van der Waals surface area contributed by atoms with Crippen molar-refractivity contribution >= 4 is 11.8 Å². The molecule has 5 nitrogen and oxygen atoms in total. The summed E-state index contributed by atoms with van der Waals surface area (Å²) < 4.78 is 41.1. The van der Waals surface area contributed by atoms with E-state index in [0.717, 1.165) is 6.42 Å². The smallest absolute Gasteiger partial charge is 0.359 e. The van der Waals surface area contributed by atoms with Crippen LogP contribution in [0, 0.1) is 5.92 Å². The summed E-state index contributed by atoms with van der Waals surface area (Å²) in [6, 6.07) is 0. The maximum atomic E-state index is 12.3. The molecule has 1 saturated heterocycles. The van der Waals surface area contributed by atoms with Gasteiger partial charge in [0.1, 0.15) is 12.7 Å². The summed E-state index contributed by atoms with van der Waals surface area (Å²) in [7, 11) is 0. The summed E-state index contributed by atoms with van der Waals surface area (Å²) >= 11 is 0. The molecule has 2 amide bonds. The van der Waals surface area contributed by atoms with Crippen molar-refractivity contribution in [2.45, 2.75) is 57.7 Å². The number of piperazine rings is 1. The van der Waals surface area contributed by atoms with E-state index < -0.39 is 24.8 Å². The molecular formula is C17H27F3N2O3. The molecule has 0 aromatic rings. The number of nitrogens with zero attached hydrogens (tertiary/aromatic N) is 2. The Morgan fingerprint density at radius 2 is 1.64 bits per heavy atom. The predicted octanol–water partition coefficient (Wildman–Crippen LogP) is 2.60. The lowest BCUT2D eigenvalue weighted by molar-refractivity contribution is -0.189. The minimum absolute atomic E-state index is 0.111. The molecule has 1 heterocycles. The van der Waals surface area contributed by atoms with Crippen LogP contribution in [-0.2, 0) is 14.3 Å². The molecule has 144 valence electrons. The molecule has 2 fully saturated rings. The Morgan fingerprint density at radius 3 is 2.20 bits per heavy atom. The monoisotopic (exact) mass is 364 g/mol. The van der Waals surface area contributed by atoms with Crippen LogP contribution in [0.15, 0.2) is 0 Å². The third-order valence-corrected chi connectivity index (χ3v) is 5.03. The van der Waals surface area contributed by atoms with E-state index in [0.29, 0.717) is 38.5 Å². The van der Waals surface area contributed by atoms with E-state index in [2.05, 4.69) is 4.74 Å². The Morgan fingerprint density at radius 1 is 1.08 bits per heavy atom. The molecular weight excluding hydrogens is 337 g/mol. The number of ether oxygens (including phenoxy) is 1. The van der Waals surface area contributed by atoms with Crippen LogP contribution in [0.4, 0.5) is 13.2 Å². The fourth-order valence-corrected chi connectivity index (χ4v) is 3.51. The SMILES string of the molecule is CC(OCC(F)(F)F)C(=O)N1CCN(C(=O)CCC2CCCC2)CC1. The first kappa shape index (κ1) is 20.0. The first-order valence-electron chi connectivity index (χ1n) is 9.01. The third kappa shape index (κ3) is 6.49. The van der Waals surface area contributed by atoms with Gasteiger partial charge >= 0.3 is 6.18 Å². The predicted molar refractivity (Wildman–Crippen MR) is 85.8 cm³/mol. The molecule has 0 spiro atoms. The molecule has 0 aromatic carbocycles. The van der Waals surface area contributed by atoms with Crippen LogP contribution in [-0.4, -0.2) is 66.7 Å². The van der Waals surface area contributed by atoms with E-state index >= 15 is 0 Å². The number of carbonyl (C=O) groups excluding carboxylic acids is 2. The number of carbonyl (C=O) groups is 2. The van der Waals surface area contributed by atoms with E-state index in [4.69, 9.17) is 0 Å². The van der Waals surface area contributed by atoms with Gasteiger partial charge in [-0.25, -0.2) is 0 Å². The topological polar surface area (TPSA) is 49.9 Å². The largest absolute Gasteiger partial charge is 0.411 e. The second-order valence-corrected chi connectivity index (χ2v) is 6.96. The number of hydrogen-bond donors (Lipinski definition) is 0. The van der Waals surface area contributed by atoms with Gasteiger partial charge in [-0.2, -0.15) is 13.2 Å². The molecule has 1 saturated carbocycles. The number of halogens is 3. The average Bonchev–Trinajstić information content (AvgIpc) is 3.10. The van der Waals surface area contributed by atoms with E-state index in [-0.39, 0.29) is 5.91 Å². The Bertz CT molecular complexity index is 457. The van der Waals surface area contributed by atoms with Gasteiger partial charge in [0.15, 0.2) is 0 Å². The van der Waals surface area contributed by atoms with Gasteiger partial charge in [0.05, 0.1) is 0 Å². The van der Waals surface area contributed by atoms with Gasteiger partial charge in [-0.1, -0.05) is 25.7 Å². The molecule has 8 heteroatoms. The van der Waals surface area contributed by atoms with Gasteiger partial charge in [0, 0.05) is 32.6 Å². The number of amides is 2. The fraction of sp³-hybridized carbons (Fsp3) is 0.882. The molecule has 1 unspecified atom stereocenters. The van der Waals surface area contributed by atoms with Crippen LogP contribution in [0.25, 0.3) is 0 Å². The quantitative estimate of drug-likeness (QED) is 0.728. The second kappa shape index (κ2) is 8.87. The van der Waals surface area contributed by atoms with Gasteiger partial charge in [0.2, 0.25) is 5.91 Å². The normalized spacial score (nSPS) is 20.8.